The Bertz CT molecular complexity index is 742. The van der Waals surface area contributed by atoms with E-state index in [0.717, 1.165) is 15.7 Å². The number of nitrogens with zero attached hydrogens (tertiary/aromatic N) is 1. The largest absolute Gasteiger partial charge is 0.419 e. The predicted molar refractivity (Wildman–Crippen MR) is 80.2 cm³/mol. The second-order valence-electron chi connectivity index (χ2n) is 5.66. The van der Waals surface area contributed by atoms with Crippen LogP contribution < -0.4 is 5.32 Å². The van der Waals surface area contributed by atoms with Crippen LogP contribution in [-0.2, 0) is 0 Å². The monoisotopic (exact) mass is 324 g/mol. The minimum Gasteiger partial charge on any atom is -0.379 e. The second kappa shape index (κ2) is 5.42. The van der Waals surface area contributed by atoms with E-state index in [1.54, 1.807) is 12.1 Å². The Kier molecular flexibility index (Phi) is 3.68. The van der Waals surface area contributed by atoms with Crippen molar-refractivity contribution in [2.75, 3.05) is 18.4 Å². The van der Waals surface area contributed by atoms with Gasteiger partial charge >= 0.3 is 12.2 Å². The van der Waals surface area contributed by atoms with Crippen molar-refractivity contribution in [2.45, 2.75) is 18.2 Å². The molecule has 7 heteroatoms. The molecule has 122 valence electrons. The molecular formula is C16H15F3N2O2. The Hall–Kier alpha value is -2.28. The van der Waals surface area contributed by atoms with E-state index in [2.05, 4.69) is 5.32 Å². The van der Waals surface area contributed by atoms with E-state index >= 15 is 0 Å². The molecule has 1 atom stereocenters. The van der Waals surface area contributed by atoms with Crippen molar-refractivity contribution in [2.24, 2.45) is 0 Å². The van der Waals surface area contributed by atoms with Crippen LogP contribution >= 0.6 is 0 Å². The third kappa shape index (κ3) is 2.84. The molecule has 0 aliphatic carbocycles. The zero-order valence-corrected chi connectivity index (χ0v) is 12.1. The first kappa shape index (κ1) is 15.6. The lowest BCUT2D eigenvalue weighted by Gasteiger charge is -2.26. The number of benzene rings is 2. The van der Waals surface area contributed by atoms with Crippen LogP contribution in [0.3, 0.4) is 0 Å². The summed E-state index contributed by atoms with van der Waals surface area (Å²) in [4.78, 5) is 13.2. The Morgan fingerprint density at radius 1 is 1.17 bits per heavy atom. The number of fused-ring (bicyclic) bond motifs is 1. The number of aliphatic hydroxyl groups is 1. The van der Waals surface area contributed by atoms with Crippen LogP contribution in [0.15, 0.2) is 42.5 Å². The number of halogens is 3. The minimum absolute atomic E-state index is 0.146. The molecule has 0 saturated carbocycles. The maximum absolute atomic E-state index is 12.8. The maximum Gasteiger partial charge on any atom is 0.419 e. The molecule has 2 amide bonds. The van der Waals surface area contributed by atoms with Crippen LogP contribution in [0.1, 0.15) is 6.42 Å². The summed E-state index contributed by atoms with van der Waals surface area (Å²) < 4.78 is 38.4. The molecule has 2 aromatic rings. The van der Waals surface area contributed by atoms with Crippen molar-refractivity contribution >= 4 is 22.5 Å². The van der Waals surface area contributed by atoms with Gasteiger partial charge < -0.3 is 15.3 Å². The Morgan fingerprint density at radius 3 is 2.57 bits per heavy atom. The molecule has 0 radical (unpaired) electrons. The number of amides is 2. The summed E-state index contributed by atoms with van der Waals surface area (Å²) in [5.74, 6) is 0. The predicted octanol–water partition coefficient (Wildman–Crippen LogP) is 3.37. The highest BCUT2D eigenvalue weighted by Crippen LogP contribution is 2.37. The topological polar surface area (TPSA) is 52.6 Å². The normalized spacial score (nSPS) is 21.7. The summed E-state index contributed by atoms with van der Waals surface area (Å²) in [5, 5.41) is 14.0. The lowest BCUT2D eigenvalue weighted by Crippen LogP contribution is -2.48. The van der Waals surface area contributed by atoms with E-state index in [1.165, 1.54) is 0 Å². The van der Waals surface area contributed by atoms with Gasteiger partial charge in [0.15, 0.2) is 5.60 Å². The lowest BCUT2D eigenvalue weighted by molar-refractivity contribution is -0.253. The zero-order chi connectivity index (χ0) is 16.7. The van der Waals surface area contributed by atoms with Crippen molar-refractivity contribution in [3.8, 4) is 0 Å². The molecule has 1 unspecified atom stereocenters. The number of likely N-dealkylation sites (tertiary alicyclic amines) is 1. The second-order valence-corrected chi connectivity index (χ2v) is 5.66. The van der Waals surface area contributed by atoms with Crippen LogP contribution in [-0.4, -0.2) is 40.9 Å². The van der Waals surface area contributed by atoms with Gasteiger partial charge in [0.25, 0.3) is 0 Å². The first-order valence-electron chi connectivity index (χ1n) is 7.13. The quantitative estimate of drug-likeness (QED) is 0.845. The Morgan fingerprint density at radius 2 is 1.87 bits per heavy atom. The van der Waals surface area contributed by atoms with E-state index < -0.39 is 30.8 Å². The molecule has 23 heavy (non-hydrogen) atoms. The van der Waals surface area contributed by atoms with Gasteiger partial charge in [0.2, 0.25) is 0 Å². The van der Waals surface area contributed by atoms with Gasteiger partial charge in [0, 0.05) is 18.4 Å². The van der Waals surface area contributed by atoms with Crippen LogP contribution in [0.4, 0.5) is 23.7 Å². The highest BCUT2D eigenvalue weighted by molar-refractivity contribution is 6.01. The van der Waals surface area contributed by atoms with E-state index in [4.69, 9.17) is 0 Å². The summed E-state index contributed by atoms with van der Waals surface area (Å²) in [6, 6.07) is 12.0. The smallest absolute Gasteiger partial charge is 0.379 e. The SMILES string of the molecule is O=C(Nc1cccc2ccccc12)N1CCC(O)(C(F)(F)F)C1. The zero-order valence-electron chi connectivity index (χ0n) is 12.1. The first-order valence-corrected chi connectivity index (χ1v) is 7.13. The number of rotatable bonds is 1. The fraction of sp³-hybridized carbons (Fsp3) is 0.312. The molecule has 0 aromatic heterocycles. The third-order valence-electron chi connectivity index (χ3n) is 4.09. The van der Waals surface area contributed by atoms with Crippen LogP contribution in [0.2, 0.25) is 0 Å². The molecule has 1 aliphatic rings. The maximum atomic E-state index is 12.8. The molecule has 0 bridgehead atoms. The molecular weight excluding hydrogens is 309 g/mol. The molecule has 3 rings (SSSR count). The van der Waals surface area contributed by atoms with Crippen molar-refractivity contribution in [1.82, 2.24) is 4.90 Å². The molecule has 1 fully saturated rings. The third-order valence-corrected chi connectivity index (χ3v) is 4.09. The molecule has 2 N–H and O–H groups in total. The number of carbonyl (C=O) groups is 1. The highest BCUT2D eigenvalue weighted by Gasteiger charge is 2.57. The number of carbonyl (C=O) groups excluding carboxylic acids is 1. The van der Waals surface area contributed by atoms with Crippen molar-refractivity contribution in [3.05, 3.63) is 42.5 Å². The number of alkyl halides is 3. The highest BCUT2D eigenvalue weighted by atomic mass is 19.4. The Labute approximate surface area is 130 Å². The average molecular weight is 324 g/mol. The summed E-state index contributed by atoms with van der Waals surface area (Å²) >= 11 is 0. The van der Waals surface area contributed by atoms with Gasteiger partial charge in [0.1, 0.15) is 0 Å². The molecule has 2 aromatic carbocycles. The van der Waals surface area contributed by atoms with Gasteiger partial charge in [0.05, 0.1) is 12.2 Å². The number of urea groups is 1. The summed E-state index contributed by atoms with van der Waals surface area (Å²) in [7, 11) is 0. The van der Waals surface area contributed by atoms with Crippen LogP contribution in [0, 0.1) is 0 Å². The number of hydrogen-bond donors (Lipinski definition) is 2. The first-order chi connectivity index (χ1) is 10.8. The van der Waals surface area contributed by atoms with Gasteiger partial charge in [-0.3, -0.25) is 0 Å². The lowest BCUT2D eigenvalue weighted by atomic mass is 10.0. The van der Waals surface area contributed by atoms with Crippen molar-refractivity contribution in [3.63, 3.8) is 0 Å². The Balaban J connectivity index is 1.78. The van der Waals surface area contributed by atoms with Crippen molar-refractivity contribution in [1.29, 1.82) is 0 Å². The van der Waals surface area contributed by atoms with E-state index in [0.29, 0.717) is 5.69 Å². The van der Waals surface area contributed by atoms with Gasteiger partial charge in [-0.15, -0.1) is 0 Å². The minimum atomic E-state index is -4.75. The van der Waals surface area contributed by atoms with Crippen molar-refractivity contribution < 1.29 is 23.1 Å². The van der Waals surface area contributed by atoms with Crippen LogP contribution in [0.5, 0.6) is 0 Å². The average Bonchev–Trinajstić information content (AvgIpc) is 2.91. The number of hydrogen-bond acceptors (Lipinski definition) is 2. The van der Waals surface area contributed by atoms with E-state index in [1.807, 2.05) is 30.3 Å². The van der Waals surface area contributed by atoms with Crippen LogP contribution in [0.25, 0.3) is 10.8 Å². The number of nitrogens with one attached hydrogen (secondary N) is 1. The molecule has 1 heterocycles. The van der Waals surface area contributed by atoms with Gasteiger partial charge in [-0.2, -0.15) is 13.2 Å². The fourth-order valence-corrected chi connectivity index (χ4v) is 2.73. The number of β-amino-alcohol motifs (C(OH)–C–C–N with tert-alkyl or cyclic N) is 1. The molecule has 1 aliphatic heterocycles. The summed E-state index contributed by atoms with van der Waals surface area (Å²) in [6.45, 7) is -0.903. The molecule has 4 nitrogen and oxygen atoms in total. The fourth-order valence-electron chi connectivity index (χ4n) is 2.73. The molecule has 0 spiro atoms. The van der Waals surface area contributed by atoms with Gasteiger partial charge in [-0.1, -0.05) is 36.4 Å². The van der Waals surface area contributed by atoms with E-state index in [9.17, 15) is 23.1 Å². The van der Waals surface area contributed by atoms with Gasteiger partial charge in [-0.25, -0.2) is 4.79 Å². The van der Waals surface area contributed by atoms with Gasteiger partial charge in [-0.05, 0) is 11.5 Å². The van der Waals surface area contributed by atoms with E-state index in [-0.39, 0.29) is 6.54 Å². The summed E-state index contributed by atoms with van der Waals surface area (Å²) in [6.07, 6.45) is -5.26. The standard InChI is InChI=1S/C16H15F3N2O2/c17-16(18,19)15(23)8-9-21(10-15)14(22)20-13-7-3-5-11-4-1-2-6-12(11)13/h1-7,23H,8-10H2,(H,20,22). The number of anilines is 1. The molecule has 1 saturated heterocycles. The summed E-state index contributed by atoms with van der Waals surface area (Å²) in [5.41, 5.74) is -2.31.